The highest BCUT2D eigenvalue weighted by Gasteiger charge is 2.14. The molecule has 0 aliphatic rings. The SMILES string of the molecule is CCC(CC(N)c1ccc(Br)cc1)n1ccnc1. The Hall–Kier alpha value is -1.13. The molecule has 2 atom stereocenters. The zero-order valence-electron chi connectivity index (χ0n) is 10.5. The number of rotatable bonds is 5. The highest BCUT2D eigenvalue weighted by Crippen LogP contribution is 2.25. The zero-order chi connectivity index (χ0) is 13.0. The van der Waals surface area contributed by atoms with Gasteiger partial charge < -0.3 is 10.3 Å². The molecular formula is C14H18BrN3. The lowest BCUT2D eigenvalue weighted by Crippen LogP contribution is -2.17. The molecule has 2 unspecified atom stereocenters. The van der Waals surface area contributed by atoms with E-state index in [0.717, 1.165) is 17.3 Å². The van der Waals surface area contributed by atoms with E-state index in [-0.39, 0.29) is 6.04 Å². The van der Waals surface area contributed by atoms with Crippen LogP contribution in [0.3, 0.4) is 0 Å². The minimum absolute atomic E-state index is 0.0606. The van der Waals surface area contributed by atoms with Crippen molar-refractivity contribution in [1.29, 1.82) is 0 Å². The summed E-state index contributed by atoms with van der Waals surface area (Å²) in [5, 5.41) is 0. The Morgan fingerprint density at radius 3 is 2.61 bits per heavy atom. The molecule has 2 rings (SSSR count). The number of benzene rings is 1. The maximum atomic E-state index is 6.28. The maximum absolute atomic E-state index is 6.28. The minimum Gasteiger partial charge on any atom is -0.334 e. The zero-order valence-corrected chi connectivity index (χ0v) is 12.0. The lowest BCUT2D eigenvalue weighted by Gasteiger charge is -2.21. The van der Waals surface area contributed by atoms with Gasteiger partial charge in [0.1, 0.15) is 0 Å². The second-order valence-corrected chi connectivity index (χ2v) is 5.38. The molecule has 0 bridgehead atoms. The smallest absolute Gasteiger partial charge is 0.0948 e. The summed E-state index contributed by atoms with van der Waals surface area (Å²) in [5.74, 6) is 0. The molecule has 0 aliphatic heterocycles. The summed E-state index contributed by atoms with van der Waals surface area (Å²) in [6, 6.07) is 8.70. The average molecular weight is 308 g/mol. The first-order chi connectivity index (χ1) is 8.70. The van der Waals surface area contributed by atoms with Crippen molar-refractivity contribution < 1.29 is 0 Å². The normalized spacial score (nSPS) is 14.4. The van der Waals surface area contributed by atoms with Crippen LogP contribution in [0.1, 0.15) is 37.4 Å². The number of hydrogen-bond donors (Lipinski definition) is 1. The van der Waals surface area contributed by atoms with Gasteiger partial charge in [0, 0.05) is 29.0 Å². The third-order valence-electron chi connectivity index (χ3n) is 3.24. The molecular weight excluding hydrogens is 290 g/mol. The first-order valence-electron chi connectivity index (χ1n) is 6.19. The van der Waals surface area contributed by atoms with E-state index in [9.17, 15) is 0 Å². The molecule has 0 radical (unpaired) electrons. The van der Waals surface area contributed by atoms with Gasteiger partial charge in [0.05, 0.1) is 6.33 Å². The largest absolute Gasteiger partial charge is 0.334 e. The van der Waals surface area contributed by atoms with Gasteiger partial charge in [-0.25, -0.2) is 4.98 Å². The van der Waals surface area contributed by atoms with Crippen LogP contribution in [0.2, 0.25) is 0 Å². The topological polar surface area (TPSA) is 43.8 Å². The van der Waals surface area contributed by atoms with Gasteiger partial charge >= 0.3 is 0 Å². The summed E-state index contributed by atoms with van der Waals surface area (Å²) in [4.78, 5) is 4.10. The van der Waals surface area contributed by atoms with Crippen LogP contribution in [-0.4, -0.2) is 9.55 Å². The van der Waals surface area contributed by atoms with Gasteiger partial charge in [-0.2, -0.15) is 0 Å². The molecule has 1 heterocycles. The van der Waals surface area contributed by atoms with Gasteiger partial charge in [-0.1, -0.05) is 35.0 Å². The molecule has 1 aromatic heterocycles. The van der Waals surface area contributed by atoms with E-state index in [1.807, 2.05) is 30.9 Å². The highest BCUT2D eigenvalue weighted by atomic mass is 79.9. The van der Waals surface area contributed by atoms with E-state index < -0.39 is 0 Å². The van der Waals surface area contributed by atoms with Crippen molar-refractivity contribution in [2.24, 2.45) is 5.73 Å². The van der Waals surface area contributed by atoms with Gasteiger partial charge in [-0.05, 0) is 30.5 Å². The van der Waals surface area contributed by atoms with Gasteiger partial charge in [0.25, 0.3) is 0 Å². The van der Waals surface area contributed by atoms with Crippen LogP contribution in [0.4, 0.5) is 0 Å². The lowest BCUT2D eigenvalue weighted by molar-refractivity contribution is 0.414. The molecule has 4 heteroatoms. The van der Waals surface area contributed by atoms with Crippen molar-refractivity contribution in [3.8, 4) is 0 Å². The first kappa shape index (κ1) is 13.3. The predicted octanol–water partition coefficient (Wildman–Crippen LogP) is 3.69. The molecule has 3 nitrogen and oxygen atoms in total. The molecule has 1 aromatic carbocycles. The number of nitrogens with zero attached hydrogens (tertiary/aromatic N) is 2. The molecule has 2 aromatic rings. The minimum atomic E-state index is 0.0606. The first-order valence-corrected chi connectivity index (χ1v) is 6.98. The second-order valence-electron chi connectivity index (χ2n) is 4.47. The molecule has 0 spiro atoms. The van der Waals surface area contributed by atoms with E-state index in [1.54, 1.807) is 0 Å². The molecule has 0 aliphatic carbocycles. The average Bonchev–Trinajstić information content (AvgIpc) is 2.90. The van der Waals surface area contributed by atoms with Gasteiger partial charge in [0.2, 0.25) is 0 Å². The maximum Gasteiger partial charge on any atom is 0.0948 e. The number of imidazole rings is 1. The fourth-order valence-electron chi connectivity index (χ4n) is 2.12. The number of aromatic nitrogens is 2. The van der Waals surface area contributed by atoms with E-state index in [2.05, 4.69) is 44.5 Å². The van der Waals surface area contributed by atoms with Crippen molar-refractivity contribution in [2.45, 2.75) is 31.8 Å². The predicted molar refractivity (Wildman–Crippen MR) is 77.2 cm³/mol. The summed E-state index contributed by atoms with van der Waals surface area (Å²) in [5.41, 5.74) is 7.46. The fraction of sp³-hybridized carbons (Fsp3) is 0.357. The van der Waals surface area contributed by atoms with Crippen molar-refractivity contribution >= 4 is 15.9 Å². The highest BCUT2D eigenvalue weighted by molar-refractivity contribution is 9.10. The quantitative estimate of drug-likeness (QED) is 0.915. The van der Waals surface area contributed by atoms with Crippen molar-refractivity contribution in [3.05, 3.63) is 53.0 Å². The Kier molecular flexibility index (Phi) is 4.55. The van der Waals surface area contributed by atoms with Crippen LogP contribution < -0.4 is 5.73 Å². The fourth-order valence-corrected chi connectivity index (χ4v) is 2.39. The van der Waals surface area contributed by atoms with Gasteiger partial charge in [-0.3, -0.25) is 0 Å². The van der Waals surface area contributed by atoms with Crippen LogP contribution in [0.15, 0.2) is 47.5 Å². The molecule has 0 amide bonds. The molecule has 0 saturated heterocycles. The summed E-state index contributed by atoms with van der Waals surface area (Å²) >= 11 is 3.44. The molecule has 96 valence electrons. The Bertz CT molecular complexity index is 464. The van der Waals surface area contributed by atoms with Crippen LogP contribution in [0, 0.1) is 0 Å². The standard InChI is InChI=1S/C14H18BrN3/c1-2-13(18-8-7-17-10-18)9-14(16)11-3-5-12(15)6-4-11/h3-8,10,13-14H,2,9,16H2,1H3. The Labute approximate surface area is 116 Å². The van der Waals surface area contributed by atoms with E-state index in [0.29, 0.717) is 6.04 Å². The summed E-state index contributed by atoms with van der Waals surface area (Å²) < 4.78 is 3.22. The van der Waals surface area contributed by atoms with Gasteiger partial charge in [0.15, 0.2) is 0 Å². The molecule has 2 N–H and O–H groups in total. The van der Waals surface area contributed by atoms with Crippen LogP contribution in [0.25, 0.3) is 0 Å². The summed E-state index contributed by atoms with van der Waals surface area (Å²) in [6.07, 6.45) is 7.66. The van der Waals surface area contributed by atoms with Crippen LogP contribution in [0.5, 0.6) is 0 Å². The number of halogens is 1. The molecule has 0 saturated carbocycles. The Morgan fingerprint density at radius 1 is 1.33 bits per heavy atom. The molecule has 18 heavy (non-hydrogen) atoms. The Balaban J connectivity index is 2.05. The number of hydrogen-bond acceptors (Lipinski definition) is 2. The second kappa shape index (κ2) is 6.16. The van der Waals surface area contributed by atoms with E-state index in [1.165, 1.54) is 5.56 Å². The lowest BCUT2D eigenvalue weighted by atomic mass is 9.99. The van der Waals surface area contributed by atoms with Crippen molar-refractivity contribution in [2.75, 3.05) is 0 Å². The number of nitrogens with two attached hydrogens (primary N) is 1. The van der Waals surface area contributed by atoms with E-state index in [4.69, 9.17) is 5.73 Å². The third-order valence-corrected chi connectivity index (χ3v) is 3.77. The van der Waals surface area contributed by atoms with Crippen LogP contribution >= 0.6 is 15.9 Å². The van der Waals surface area contributed by atoms with Crippen molar-refractivity contribution in [1.82, 2.24) is 9.55 Å². The monoisotopic (exact) mass is 307 g/mol. The third kappa shape index (κ3) is 3.21. The van der Waals surface area contributed by atoms with Crippen molar-refractivity contribution in [3.63, 3.8) is 0 Å². The summed E-state index contributed by atoms with van der Waals surface area (Å²) in [7, 11) is 0. The van der Waals surface area contributed by atoms with Gasteiger partial charge in [-0.15, -0.1) is 0 Å². The Morgan fingerprint density at radius 2 is 2.06 bits per heavy atom. The molecule has 0 fully saturated rings. The summed E-state index contributed by atoms with van der Waals surface area (Å²) in [6.45, 7) is 2.18. The van der Waals surface area contributed by atoms with E-state index >= 15 is 0 Å². The van der Waals surface area contributed by atoms with Crippen LogP contribution in [-0.2, 0) is 0 Å².